The molecule has 0 radical (unpaired) electrons. The van der Waals surface area contributed by atoms with Crippen molar-refractivity contribution in [2.45, 2.75) is 30.6 Å². The third kappa shape index (κ3) is 4.75. The van der Waals surface area contributed by atoms with E-state index in [1.54, 1.807) is 38.1 Å². The van der Waals surface area contributed by atoms with Crippen molar-refractivity contribution in [3.8, 4) is 0 Å². The molecule has 7 nitrogen and oxygen atoms in total. The van der Waals surface area contributed by atoms with Gasteiger partial charge in [-0.2, -0.15) is 0 Å². The van der Waals surface area contributed by atoms with Crippen molar-refractivity contribution in [1.29, 1.82) is 0 Å². The summed E-state index contributed by atoms with van der Waals surface area (Å²) in [6.45, 7) is 5.39. The summed E-state index contributed by atoms with van der Waals surface area (Å²) >= 11 is 0. The number of pyridine rings is 1. The lowest BCUT2D eigenvalue weighted by Gasteiger charge is -2.14. The highest BCUT2D eigenvalue weighted by atomic mass is 32.2. The van der Waals surface area contributed by atoms with Crippen molar-refractivity contribution in [1.82, 2.24) is 4.98 Å². The largest absolute Gasteiger partial charge is 0.280 e. The quantitative estimate of drug-likeness (QED) is 0.620. The van der Waals surface area contributed by atoms with Crippen LogP contribution >= 0.6 is 0 Å². The van der Waals surface area contributed by atoms with E-state index in [-0.39, 0.29) is 15.5 Å². The number of sulfonamides is 2. The molecule has 29 heavy (non-hydrogen) atoms. The average molecular weight is 432 g/mol. The van der Waals surface area contributed by atoms with Crippen LogP contribution in [0.5, 0.6) is 0 Å². The summed E-state index contributed by atoms with van der Waals surface area (Å²) in [4.78, 5) is 4.09. The molecule has 0 aliphatic heterocycles. The van der Waals surface area contributed by atoms with Gasteiger partial charge in [0.25, 0.3) is 20.0 Å². The van der Waals surface area contributed by atoms with Crippen LogP contribution in [0.4, 0.5) is 11.4 Å². The Morgan fingerprint density at radius 1 is 0.759 bits per heavy atom. The molecule has 152 valence electrons. The Bertz CT molecular complexity index is 1220. The minimum Gasteiger partial charge on any atom is -0.280 e. The summed E-state index contributed by atoms with van der Waals surface area (Å²) < 4.78 is 55.5. The third-order valence-electron chi connectivity index (χ3n) is 4.20. The Balaban J connectivity index is 1.84. The van der Waals surface area contributed by atoms with E-state index in [0.717, 1.165) is 5.56 Å². The molecule has 0 fully saturated rings. The zero-order valence-corrected chi connectivity index (χ0v) is 17.8. The lowest BCUT2D eigenvalue weighted by Crippen LogP contribution is -2.16. The number of nitrogens with one attached hydrogen (secondary N) is 2. The predicted octanol–water partition coefficient (Wildman–Crippen LogP) is 3.61. The van der Waals surface area contributed by atoms with Gasteiger partial charge in [-0.15, -0.1) is 0 Å². The first-order valence-corrected chi connectivity index (χ1v) is 11.7. The van der Waals surface area contributed by atoms with Gasteiger partial charge in [-0.3, -0.25) is 14.4 Å². The Morgan fingerprint density at radius 3 is 1.90 bits per heavy atom. The number of hydrogen-bond acceptors (Lipinski definition) is 5. The summed E-state index contributed by atoms with van der Waals surface area (Å²) in [7, 11) is -7.62. The van der Waals surface area contributed by atoms with Gasteiger partial charge in [0.05, 0.1) is 21.7 Å². The highest BCUT2D eigenvalue weighted by molar-refractivity contribution is 7.93. The van der Waals surface area contributed by atoms with Gasteiger partial charge in [-0.25, -0.2) is 16.8 Å². The van der Waals surface area contributed by atoms with Gasteiger partial charge in [0.15, 0.2) is 0 Å². The van der Waals surface area contributed by atoms with Crippen LogP contribution in [-0.4, -0.2) is 21.8 Å². The first kappa shape index (κ1) is 20.8. The zero-order valence-electron chi connectivity index (χ0n) is 16.2. The van der Waals surface area contributed by atoms with Gasteiger partial charge in [-0.1, -0.05) is 17.7 Å². The fourth-order valence-corrected chi connectivity index (χ4v) is 5.69. The van der Waals surface area contributed by atoms with Crippen LogP contribution in [0.2, 0.25) is 0 Å². The van der Waals surface area contributed by atoms with Gasteiger partial charge in [0.2, 0.25) is 0 Å². The molecule has 2 aromatic carbocycles. The van der Waals surface area contributed by atoms with Crippen molar-refractivity contribution < 1.29 is 16.8 Å². The topological polar surface area (TPSA) is 105 Å². The van der Waals surface area contributed by atoms with E-state index in [9.17, 15) is 16.8 Å². The molecular weight excluding hydrogens is 410 g/mol. The van der Waals surface area contributed by atoms with Crippen LogP contribution in [0.1, 0.15) is 16.7 Å². The fraction of sp³-hybridized carbons (Fsp3) is 0.150. The number of aromatic nitrogens is 1. The summed E-state index contributed by atoms with van der Waals surface area (Å²) in [5.41, 5.74) is 2.88. The van der Waals surface area contributed by atoms with Crippen molar-refractivity contribution >= 4 is 31.4 Å². The van der Waals surface area contributed by atoms with E-state index in [2.05, 4.69) is 14.4 Å². The van der Waals surface area contributed by atoms with Crippen LogP contribution in [0.25, 0.3) is 0 Å². The molecule has 2 N–H and O–H groups in total. The first-order valence-electron chi connectivity index (χ1n) is 8.72. The molecule has 3 rings (SSSR count). The molecule has 9 heteroatoms. The zero-order chi connectivity index (χ0) is 21.2. The lowest BCUT2D eigenvalue weighted by atomic mass is 10.1. The molecule has 0 aliphatic rings. The molecule has 1 heterocycles. The van der Waals surface area contributed by atoms with Crippen molar-refractivity contribution in [2.24, 2.45) is 0 Å². The monoisotopic (exact) mass is 431 g/mol. The highest BCUT2D eigenvalue weighted by Gasteiger charge is 2.21. The molecule has 0 amide bonds. The molecular formula is C20H21N3O4S2. The van der Waals surface area contributed by atoms with Gasteiger partial charge in [0, 0.05) is 11.9 Å². The molecule has 1 aromatic heterocycles. The molecule has 0 spiro atoms. The summed E-state index contributed by atoms with van der Waals surface area (Å²) in [5.74, 6) is 0. The lowest BCUT2D eigenvalue weighted by molar-refractivity contribution is 0.599. The maximum atomic E-state index is 12.8. The van der Waals surface area contributed by atoms with Crippen molar-refractivity contribution in [3.63, 3.8) is 0 Å². The van der Waals surface area contributed by atoms with Crippen LogP contribution in [0.15, 0.2) is 70.7 Å². The second kappa shape index (κ2) is 7.84. The minimum absolute atomic E-state index is 0.00648. The SMILES string of the molecule is Cc1cc(C)c(S(=O)(=O)Nc2ccc(S(=O)(=O)Nc3cccnc3)cc2)c(C)c1. The Labute approximate surface area is 170 Å². The summed E-state index contributed by atoms with van der Waals surface area (Å²) in [6, 6.07) is 12.3. The Hall–Kier alpha value is -2.91. The molecule has 0 bridgehead atoms. The van der Waals surface area contributed by atoms with E-state index in [1.165, 1.54) is 36.7 Å². The van der Waals surface area contributed by atoms with Crippen LogP contribution in [-0.2, 0) is 20.0 Å². The van der Waals surface area contributed by atoms with E-state index in [0.29, 0.717) is 16.8 Å². The first-order chi connectivity index (χ1) is 13.6. The number of benzene rings is 2. The average Bonchev–Trinajstić information content (AvgIpc) is 2.61. The van der Waals surface area contributed by atoms with E-state index in [4.69, 9.17) is 0 Å². The van der Waals surface area contributed by atoms with Gasteiger partial charge in [-0.05, 0) is 68.3 Å². The molecule has 0 atom stereocenters. The van der Waals surface area contributed by atoms with Gasteiger partial charge >= 0.3 is 0 Å². The summed E-state index contributed by atoms with van der Waals surface area (Å²) in [6.07, 6.45) is 2.93. The van der Waals surface area contributed by atoms with Crippen LogP contribution in [0, 0.1) is 20.8 Å². The normalized spacial score (nSPS) is 11.8. The number of hydrogen-bond donors (Lipinski definition) is 2. The van der Waals surface area contributed by atoms with Crippen molar-refractivity contribution in [2.75, 3.05) is 9.44 Å². The minimum atomic E-state index is -3.81. The number of anilines is 2. The summed E-state index contributed by atoms with van der Waals surface area (Å²) in [5, 5.41) is 0. The molecule has 0 saturated heterocycles. The van der Waals surface area contributed by atoms with Gasteiger partial charge in [0.1, 0.15) is 0 Å². The fourth-order valence-electron chi connectivity index (χ4n) is 3.14. The molecule has 3 aromatic rings. The highest BCUT2D eigenvalue weighted by Crippen LogP contribution is 2.25. The van der Waals surface area contributed by atoms with Crippen LogP contribution in [0.3, 0.4) is 0 Å². The van der Waals surface area contributed by atoms with E-state index < -0.39 is 20.0 Å². The predicted molar refractivity (Wildman–Crippen MR) is 113 cm³/mol. The van der Waals surface area contributed by atoms with E-state index in [1.807, 2.05) is 6.92 Å². The number of nitrogens with zero attached hydrogens (tertiary/aromatic N) is 1. The third-order valence-corrected chi connectivity index (χ3v) is 7.29. The maximum absolute atomic E-state index is 12.8. The number of aryl methyl sites for hydroxylation is 3. The van der Waals surface area contributed by atoms with Crippen LogP contribution < -0.4 is 9.44 Å². The molecule has 0 saturated carbocycles. The standard InChI is InChI=1S/C20H21N3O4S2/c1-14-11-15(2)20(16(3)12-14)29(26,27)22-17-6-8-19(9-7-17)28(24,25)23-18-5-4-10-21-13-18/h4-13,22-23H,1-3H3. The van der Waals surface area contributed by atoms with E-state index >= 15 is 0 Å². The maximum Gasteiger partial charge on any atom is 0.262 e. The molecule has 0 unspecified atom stereocenters. The Morgan fingerprint density at radius 2 is 1.34 bits per heavy atom. The smallest absolute Gasteiger partial charge is 0.262 e. The van der Waals surface area contributed by atoms with Gasteiger partial charge < -0.3 is 0 Å². The second-order valence-corrected chi connectivity index (χ2v) is 10.0. The number of rotatable bonds is 6. The molecule has 0 aliphatic carbocycles. The van der Waals surface area contributed by atoms with Crippen molar-refractivity contribution in [3.05, 3.63) is 77.6 Å². The Kier molecular flexibility index (Phi) is 5.63. The second-order valence-electron chi connectivity index (χ2n) is 6.70.